The van der Waals surface area contributed by atoms with Crippen molar-refractivity contribution in [3.8, 4) is 0 Å². The number of carboxylic acid groups (broad SMARTS) is 1. The summed E-state index contributed by atoms with van der Waals surface area (Å²) >= 11 is 0. The zero-order valence-electron chi connectivity index (χ0n) is 14.0. The molecule has 1 aliphatic rings. The Balaban J connectivity index is 2.26. The van der Waals surface area contributed by atoms with Gasteiger partial charge in [-0.3, -0.25) is 9.59 Å². The van der Waals surface area contributed by atoms with Gasteiger partial charge in [0.15, 0.2) is 6.04 Å². The molecule has 134 valence electrons. The molecule has 1 fully saturated rings. The summed E-state index contributed by atoms with van der Waals surface area (Å²) in [6.07, 6.45) is -1.18. The van der Waals surface area contributed by atoms with Crippen LogP contribution in [0.1, 0.15) is 32.3 Å². The average molecular weight is 348 g/mol. The number of carboxylic acids is 1. The summed E-state index contributed by atoms with van der Waals surface area (Å²) in [6.45, 7) is 3.07. The molecule has 0 spiro atoms. The van der Waals surface area contributed by atoms with Crippen molar-refractivity contribution < 1.29 is 29.0 Å². The molecule has 0 radical (unpaired) electrons. The Labute approximate surface area is 144 Å². The van der Waals surface area contributed by atoms with Gasteiger partial charge in [0.2, 0.25) is 11.8 Å². The molecular weight excluding hydrogens is 328 g/mol. The molecule has 1 saturated heterocycles. The van der Waals surface area contributed by atoms with Crippen LogP contribution in [0.4, 0.5) is 4.79 Å². The minimum Gasteiger partial charge on any atom is -0.480 e. The van der Waals surface area contributed by atoms with E-state index in [1.54, 1.807) is 44.2 Å². The fourth-order valence-electron chi connectivity index (χ4n) is 2.58. The molecule has 0 unspecified atom stereocenters. The lowest BCUT2D eigenvalue weighted by Gasteiger charge is -2.35. The van der Waals surface area contributed by atoms with Gasteiger partial charge in [-0.05, 0) is 11.5 Å². The summed E-state index contributed by atoms with van der Waals surface area (Å²) in [5.74, 6) is -3.09. The maximum atomic E-state index is 12.5. The lowest BCUT2D eigenvalue weighted by Crippen LogP contribution is -2.58. The van der Waals surface area contributed by atoms with Crippen molar-refractivity contribution in [3.05, 3.63) is 35.9 Å². The van der Waals surface area contributed by atoms with E-state index in [1.807, 2.05) is 0 Å². The molecule has 0 aromatic heterocycles. The fraction of sp³-hybridized carbons (Fsp3) is 0.412. The number of hydrazine groups is 1. The fourth-order valence-corrected chi connectivity index (χ4v) is 2.58. The Kier molecular flexibility index (Phi) is 5.74. The summed E-state index contributed by atoms with van der Waals surface area (Å²) in [5, 5.41) is 10.7. The Morgan fingerprint density at radius 2 is 1.72 bits per heavy atom. The van der Waals surface area contributed by atoms with Crippen molar-refractivity contribution in [2.75, 3.05) is 0 Å². The van der Waals surface area contributed by atoms with E-state index in [0.29, 0.717) is 15.6 Å². The van der Waals surface area contributed by atoms with E-state index in [2.05, 4.69) is 0 Å². The van der Waals surface area contributed by atoms with Crippen molar-refractivity contribution >= 4 is 23.9 Å². The number of hydrogen-bond donors (Lipinski definition) is 1. The number of carbonyl (C=O) groups is 4. The van der Waals surface area contributed by atoms with Gasteiger partial charge in [0.1, 0.15) is 6.61 Å². The summed E-state index contributed by atoms with van der Waals surface area (Å²) < 4.78 is 5.16. The maximum Gasteiger partial charge on any atom is 0.430 e. The molecule has 1 heterocycles. The van der Waals surface area contributed by atoms with Gasteiger partial charge in [0.05, 0.1) is 0 Å². The summed E-state index contributed by atoms with van der Waals surface area (Å²) in [6, 6.07) is 7.42. The van der Waals surface area contributed by atoms with Crippen LogP contribution in [0.3, 0.4) is 0 Å². The number of benzene rings is 1. The molecule has 0 saturated carbocycles. The average Bonchev–Trinajstić information content (AvgIpc) is 2.89. The molecule has 1 aromatic carbocycles. The number of hydrogen-bond acceptors (Lipinski definition) is 5. The van der Waals surface area contributed by atoms with Crippen molar-refractivity contribution in [2.24, 2.45) is 5.92 Å². The molecule has 0 aliphatic carbocycles. The quantitative estimate of drug-likeness (QED) is 0.786. The molecule has 1 N–H and O–H groups in total. The number of nitrogens with zero attached hydrogens (tertiary/aromatic N) is 2. The molecule has 8 nitrogen and oxygen atoms in total. The zero-order valence-corrected chi connectivity index (χ0v) is 14.0. The molecule has 1 aromatic rings. The van der Waals surface area contributed by atoms with Crippen LogP contribution in [0.15, 0.2) is 30.3 Å². The van der Waals surface area contributed by atoms with Crippen molar-refractivity contribution in [1.29, 1.82) is 0 Å². The molecule has 3 amide bonds. The highest BCUT2D eigenvalue weighted by Gasteiger charge is 2.45. The second-order valence-electron chi connectivity index (χ2n) is 6.01. The van der Waals surface area contributed by atoms with E-state index >= 15 is 0 Å². The van der Waals surface area contributed by atoms with Crippen molar-refractivity contribution in [1.82, 2.24) is 10.0 Å². The van der Waals surface area contributed by atoms with E-state index in [9.17, 15) is 24.3 Å². The normalized spacial score (nSPS) is 15.4. The standard InChI is InChI=1S/C17H20N2O6/c1-11(2)15(16(22)23)19(18-13(20)8-9-14(18)21)17(24)25-10-12-6-4-3-5-7-12/h3-7,11,15H,8-10H2,1-2H3,(H,22,23)/t15-/m0/s1. The predicted octanol–water partition coefficient (Wildman–Crippen LogP) is 1.80. The van der Waals surface area contributed by atoms with Gasteiger partial charge >= 0.3 is 12.1 Å². The molecular formula is C17H20N2O6. The van der Waals surface area contributed by atoms with Crippen LogP contribution in [0.25, 0.3) is 0 Å². The van der Waals surface area contributed by atoms with Crippen LogP contribution in [0.5, 0.6) is 0 Å². The van der Waals surface area contributed by atoms with Gasteiger partial charge in [0.25, 0.3) is 0 Å². The number of imide groups is 1. The van der Waals surface area contributed by atoms with Crippen LogP contribution in [0.2, 0.25) is 0 Å². The smallest absolute Gasteiger partial charge is 0.430 e. The maximum absolute atomic E-state index is 12.5. The van der Waals surface area contributed by atoms with E-state index in [0.717, 1.165) is 0 Å². The molecule has 1 atom stereocenters. The Bertz CT molecular complexity index is 657. The summed E-state index contributed by atoms with van der Waals surface area (Å²) in [5.41, 5.74) is 0.700. The Morgan fingerprint density at radius 3 is 2.20 bits per heavy atom. The van der Waals surface area contributed by atoms with Gasteiger partial charge in [-0.1, -0.05) is 44.2 Å². The molecule has 0 bridgehead atoms. The Hall–Kier alpha value is -2.90. The number of carbonyl (C=O) groups excluding carboxylic acids is 3. The van der Waals surface area contributed by atoms with Gasteiger partial charge in [-0.2, -0.15) is 10.0 Å². The predicted molar refractivity (Wildman–Crippen MR) is 85.8 cm³/mol. The SMILES string of the molecule is CC(C)[C@@H](C(=O)O)N(C(=O)OCc1ccccc1)N1C(=O)CCC1=O. The van der Waals surface area contributed by atoms with Crippen LogP contribution >= 0.6 is 0 Å². The third-order valence-electron chi connectivity index (χ3n) is 3.78. The minimum absolute atomic E-state index is 0.0638. The lowest BCUT2D eigenvalue weighted by atomic mass is 10.0. The topological polar surface area (TPSA) is 104 Å². The second kappa shape index (κ2) is 7.78. The largest absolute Gasteiger partial charge is 0.480 e. The first kappa shape index (κ1) is 18.4. The van der Waals surface area contributed by atoms with E-state index in [4.69, 9.17) is 4.74 Å². The van der Waals surface area contributed by atoms with Gasteiger partial charge in [-0.15, -0.1) is 0 Å². The second-order valence-corrected chi connectivity index (χ2v) is 6.01. The number of amides is 3. The molecule has 8 heteroatoms. The number of rotatable bonds is 6. The molecule has 2 rings (SSSR count). The first-order chi connectivity index (χ1) is 11.8. The van der Waals surface area contributed by atoms with Crippen LogP contribution in [-0.2, 0) is 25.7 Å². The number of aliphatic carboxylic acids is 1. The minimum atomic E-state index is -1.39. The first-order valence-corrected chi connectivity index (χ1v) is 7.91. The third kappa shape index (κ3) is 4.14. The van der Waals surface area contributed by atoms with Crippen molar-refractivity contribution in [3.63, 3.8) is 0 Å². The van der Waals surface area contributed by atoms with E-state index in [1.165, 1.54) is 0 Å². The highest BCUT2D eigenvalue weighted by molar-refractivity contribution is 6.03. The van der Waals surface area contributed by atoms with Crippen LogP contribution in [0, 0.1) is 5.92 Å². The molecule has 1 aliphatic heterocycles. The van der Waals surface area contributed by atoms with Gasteiger partial charge in [-0.25, -0.2) is 9.59 Å². The molecule has 25 heavy (non-hydrogen) atoms. The lowest BCUT2D eigenvalue weighted by molar-refractivity contribution is -0.167. The van der Waals surface area contributed by atoms with Gasteiger partial charge < -0.3 is 9.84 Å². The summed E-state index contributed by atoms with van der Waals surface area (Å²) in [7, 11) is 0. The van der Waals surface area contributed by atoms with Crippen LogP contribution in [-0.4, -0.2) is 45.0 Å². The van der Waals surface area contributed by atoms with Crippen LogP contribution < -0.4 is 0 Å². The van der Waals surface area contributed by atoms with Gasteiger partial charge in [0, 0.05) is 12.8 Å². The van der Waals surface area contributed by atoms with E-state index < -0.39 is 35.8 Å². The zero-order chi connectivity index (χ0) is 18.6. The summed E-state index contributed by atoms with van der Waals surface area (Å²) in [4.78, 5) is 48.2. The van der Waals surface area contributed by atoms with E-state index in [-0.39, 0.29) is 19.4 Å². The number of ether oxygens (including phenoxy) is 1. The highest BCUT2D eigenvalue weighted by atomic mass is 16.6. The Morgan fingerprint density at radius 1 is 1.16 bits per heavy atom. The highest BCUT2D eigenvalue weighted by Crippen LogP contribution is 2.22. The van der Waals surface area contributed by atoms with Crippen molar-refractivity contribution in [2.45, 2.75) is 39.3 Å². The first-order valence-electron chi connectivity index (χ1n) is 7.91. The monoisotopic (exact) mass is 348 g/mol. The third-order valence-corrected chi connectivity index (χ3v) is 3.78.